The zero-order valence-corrected chi connectivity index (χ0v) is 24.5. The van der Waals surface area contributed by atoms with Crippen LogP contribution in [-0.2, 0) is 25.8 Å². The Morgan fingerprint density at radius 1 is 1.05 bits per heavy atom. The number of aromatic nitrogens is 7. The van der Waals surface area contributed by atoms with E-state index in [2.05, 4.69) is 61.4 Å². The molecule has 0 saturated heterocycles. The SMILES string of the molecule is CCCCc1nc(Cl)c(C(=O)Oc2ccc3c(c2)CCC3)n1Cc1cccc2c1ccn2-c1ccccc1-c1nn[nH]n1. The molecule has 10 heteroatoms. The van der Waals surface area contributed by atoms with Gasteiger partial charge in [-0.2, -0.15) is 5.21 Å². The van der Waals surface area contributed by atoms with Crippen molar-refractivity contribution in [2.45, 2.75) is 52.0 Å². The molecular weight excluding hydrogens is 562 g/mol. The highest BCUT2D eigenvalue weighted by atomic mass is 35.5. The fourth-order valence-corrected chi connectivity index (χ4v) is 6.30. The van der Waals surface area contributed by atoms with Crippen LogP contribution >= 0.6 is 11.6 Å². The number of aryl methyl sites for hydroxylation is 3. The average Bonchev–Trinajstić information content (AvgIpc) is 3.83. The van der Waals surface area contributed by atoms with E-state index in [1.807, 2.05) is 53.2 Å². The van der Waals surface area contributed by atoms with E-state index in [0.717, 1.165) is 65.6 Å². The first-order valence-corrected chi connectivity index (χ1v) is 15.0. The number of para-hydroxylation sites is 1. The molecule has 0 radical (unpaired) electrons. The fraction of sp³-hybridized carbons (Fsp3) is 0.242. The monoisotopic (exact) mass is 591 g/mol. The lowest BCUT2D eigenvalue weighted by Crippen LogP contribution is -2.18. The zero-order valence-electron chi connectivity index (χ0n) is 23.8. The van der Waals surface area contributed by atoms with Gasteiger partial charge >= 0.3 is 5.97 Å². The number of aromatic amines is 1. The Balaban J connectivity index is 1.26. The fourth-order valence-electron chi connectivity index (χ4n) is 6.02. The third-order valence-corrected chi connectivity index (χ3v) is 8.40. The van der Waals surface area contributed by atoms with Crippen molar-refractivity contribution in [1.29, 1.82) is 0 Å². The number of imidazole rings is 1. The molecule has 3 aromatic heterocycles. The van der Waals surface area contributed by atoms with E-state index in [1.54, 1.807) is 0 Å². The molecule has 1 aliphatic rings. The maximum atomic E-state index is 13.6. The molecular formula is C33H30ClN7O2. The summed E-state index contributed by atoms with van der Waals surface area (Å²) in [6, 6.07) is 22.1. The van der Waals surface area contributed by atoms with Crippen LogP contribution in [0.4, 0.5) is 0 Å². The van der Waals surface area contributed by atoms with Gasteiger partial charge in [-0.15, -0.1) is 10.2 Å². The Hall–Kier alpha value is -4.76. The smallest absolute Gasteiger partial charge is 0.363 e. The van der Waals surface area contributed by atoms with Gasteiger partial charge in [-0.1, -0.05) is 55.3 Å². The molecule has 9 nitrogen and oxygen atoms in total. The number of H-pyrrole nitrogens is 1. The molecule has 0 aliphatic heterocycles. The van der Waals surface area contributed by atoms with E-state index in [-0.39, 0.29) is 10.8 Å². The first-order chi connectivity index (χ1) is 21.1. The van der Waals surface area contributed by atoms with Gasteiger partial charge in [0.2, 0.25) is 5.82 Å². The number of rotatable bonds is 9. The van der Waals surface area contributed by atoms with E-state index in [0.29, 0.717) is 24.5 Å². The van der Waals surface area contributed by atoms with Crippen molar-refractivity contribution in [2.75, 3.05) is 0 Å². The molecule has 216 valence electrons. The van der Waals surface area contributed by atoms with Crippen LogP contribution in [0.5, 0.6) is 5.75 Å². The minimum atomic E-state index is -0.503. The second kappa shape index (κ2) is 11.5. The number of ether oxygens (including phenoxy) is 1. The summed E-state index contributed by atoms with van der Waals surface area (Å²) in [5.41, 5.74) is 6.68. The number of carbonyl (C=O) groups is 1. The van der Waals surface area contributed by atoms with Crippen molar-refractivity contribution in [2.24, 2.45) is 0 Å². The largest absolute Gasteiger partial charge is 0.422 e. The van der Waals surface area contributed by atoms with Gasteiger partial charge in [-0.3, -0.25) is 0 Å². The summed E-state index contributed by atoms with van der Waals surface area (Å²) in [4.78, 5) is 18.3. The molecule has 7 rings (SSSR count). The Morgan fingerprint density at radius 2 is 1.93 bits per heavy atom. The summed E-state index contributed by atoms with van der Waals surface area (Å²) in [7, 11) is 0. The highest BCUT2D eigenvalue weighted by Gasteiger charge is 2.25. The second-order valence-electron chi connectivity index (χ2n) is 10.8. The first-order valence-electron chi connectivity index (χ1n) is 14.6. The van der Waals surface area contributed by atoms with Crippen LogP contribution in [0.15, 0.2) is 72.9 Å². The molecule has 6 aromatic rings. The van der Waals surface area contributed by atoms with Crippen LogP contribution in [0.2, 0.25) is 5.15 Å². The number of unbranched alkanes of at least 4 members (excludes halogenated alkanes) is 1. The Morgan fingerprint density at radius 3 is 2.79 bits per heavy atom. The van der Waals surface area contributed by atoms with Gasteiger partial charge in [-0.25, -0.2) is 9.78 Å². The van der Waals surface area contributed by atoms with Gasteiger partial charge in [0.1, 0.15) is 11.6 Å². The number of esters is 1. The predicted octanol–water partition coefficient (Wildman–Crippen LogP) is 6.76. The minimum Gasteiger partial charge on any atom is -0.422 e. The van der Waals surface area contributed by atoms with Crippen molar-refractivity contribution in [3.63, 3.8) is 0 Å². The van der Waals surface area contributed by atoms with E-state index < -0.39 is 5.97 Å². The second-order valence-corrected chi connectivity index (χ2v) is 11.2. The van der Waals surface area contributed by atoms with E-state index in [1.165, 1.54) is 11.1 Å². The standard InChI is InChI=1S/C33H30ClN7O2/c1-2-3-14-29-35-31(34)30(33(42)43-24-16-15-21-8-6-9-22(21)19-24)41(29)20-23-10-7-13-27-25(23)17-18-40(27)28-12-5-4-11-26(28)32-36-38-39-37-32/h4-5,7,10-13,15-19H,2-3,6,8-9,14,20H2,1H3,(H,36,37,38,39). The molecule has 0 atom stereocenters. The average molecular weight is 592 g/mol. The van der Waals surface area contributed by atoms with Crippen LogP contribution < -0.4 is 4.74 Å². The molecule has 0 bridgehead atoms. The maximum Gasteiger partial charge on any atom is 0.363 e. The number of nitrogens with one attached hydrogen (secondary N) is 1. The number of tetrazole rings is 1. The van der Waals surface area contributed by atoms with Crippen molar-refractivity contribution < 1.29 is 9.53 Å². The van der Waals surface area contributed by atoms with Crippen LogP contribution in [0.25, 0.3) is 28.0 Å². The molecule has 43 heavy (non-hydrogen) atoms. The predicted molar refractivity (Wildman–Crippen MR) is 165 cm³/mol. The van der Waals surface area contributed by atoms with Gasteiger partial charge < -0.3 is 13.9 Å². The van der Waals surface area contributed by atoms with E-state index >= 15 is 0 Å². The molecule has 3 heterocycles. The normalized spacial score (nSPS) is 12.6. The first kappa shape index (κ1) is 27.1. The summed E-state index contributed by atoms with van der Waals surface area (Å²) in [6.07, 6.45) is 7.87. The molecule has 1 N–H and O–H groups in total. The Kier molecular flexibility index (Phi) is 7.24. The molecule has 0 saturated carbocycles. The van der Waals surface area contributed by atoms with Crippen molar-refractivity contribution in [3.05, 3.63) is 106 Å². The quantitative estimate of drug-likeness (QED) is 0.147. The lowest BCUT2D eigenvalue weighted by molar-refractivity contribution is 0.0723. The van der Waals surface area contributed by atoms with Crippen LogP contribution in [0, 0.1) is 0 Å². The lowest BCUT2D eigenvalue weighted by Gasteiger charge is -2.14. The van der Waals surface area contributed by atoms with Gasteiger partial charge in [-0.05, 0) is 84.0 Å². The number of hydrogen-bond donors (Lipinski definition) is 1. The van der Waals surface area contributed by atoms with Gasteiger partial charge in [0.05, 0.1) is 17.7 Å². The van der Waals surface area contributed by atoms with Crippen molar-refractivity contribution in [1.82, 2.24) is 34.7 Å². The third kappa shape index (κ3) is 5.10. The summed E-state index contributed by atoms with van der Waals surface area (Å²) >= 11 is 6.66. The van der Waals surface area contributed by atoms with Crippen molar-refractivity contribution >= 4 is 28.5 Å². The molecule has 0 fully saturated rings. The number of hydrogen-bond acceptors (Lipinski definition) is 6. The summed E-state index contributed by atoms with van der Waals surface area (Å²) in [5, 5.41) is 15.9. The molecule has 0 unspecified atom stereocenters. The number of nitrogens with zero attached hydrogens (tertiary/aromatic N) is 6. The van der Waals surface area contributed by atoms with Gasteiger partial charge in [0, 0.05) is 23.6 Å². The third-order valence-electron chi connectivity index (χ3n) is 8.13. The zero-order chi connectivity index (χ0) is 29.3. The number of fused-ring (bicyclic) bond motifs is 2. The number of benzene rings is 3. The summed E-state index contributed by atoms with van der Waals surface area (Å²) < 4.78 is 9.93. The van der Waals surface area contributed by atoms with Crippen molar-refractivity contribution in [3.8, 4) is 22.8 Å². The highest BCUT2D eigenvalue weighted by Crippen LogP contribution is 2.31. The molecule has 0 spiro atoms. The molecule has 0 amide bonds. The molecule has 1 aliphatic carbocycles. The minimum absolute atomic E-state index is 0.163. The lowest BCUT2D eigenvalue weighted by atomic mass is 10.1. The summed E-state index contributed by atoms with van der Waals surface area (Å²) in [5.74, 6) is 1.32. The van der Waals surface area contributed by atoms with Gasteiger partial charge in [0.25, 0.3) is 0 Å². The van der Waals surface area contributed by atoms with Crippen LogP contribution in [0.3, 0.4) is 0 Å². The maximum absolute atomic E-state index is 13.6. The number of halogens is 1. The van der Waals surface area contributed by atoms with E-state index in [9.17, 15) is 4.79 Å². The topological polar surface area (TPSA) is 104 Å². The number of carbonyl (C=O) groups excluding carboxylic acids is 1. The Bertz CT molecular complexity index is 1940. The Labute approximate surface area is 253 Å². The highest BCUT2D eigenvalue weighted by molar-refractivity contribution is 6.32. The van der Waals surface area contributed by atoms with E-state index in [4.69, 9.17) is 16.3 Å². The molecule has 3 aromatic carbocycles. The van der Waals surface area contributed by atoms with Crippen LogP contribution in [-0.4, -0.2) is 40.7 Å². The van der Waals surface area contributed by atoms with Gasteiger partial charge in [0.15, 0.2) is 10.8 Å². The van der Waals surface area contributed by atoms with Crippen LogP contribution in [0.1, 0.15) is 59.2 Å². The summed E-state index contributed by atoms with van der Waals surface area (Å²) in [6.45, 7) is 2.55.